The molecule has 2 unspecified atom stereocenters. The summed E-state index contributed by atoms with van der Waals surface area (Å²) in [5.41, 5.74) is 0. The summed E-state index contributed by atoms with van der Waals surface area (Å²) in [5, 5.41) is 8.42. The van der Waals surface area contributed by atoms with Crippen LogP contribution >= 0.6 is 0 Å². The van der Waals surface area contributed by atoms with Crippen molar-refractivity contribution in [1.82, 2.24) is 0 Å². The van der Waals surface area contributed by atoms with Gasteiger partial charge in [-0.25, -0.2) is 5.90 Å². The number of hydrogen-bond donors (Lipinski definition) is 2. The fourth-order valence-corrected chi connectivity index (χ4v) is 0.306. The lowest BCUT2D eigenvalue weighted by atomic mass is 10.8. The molecule has 1 rings (SSSR count). The number of aliphatic hydroxyl groups excluding tert-OH is 1. The zero-order valence-electron chi connectivity index (χ0n) is 3.29. The first kappa shape index (κ1) is 4.05. The van der Waals surface area contributed by atoms with Crippen molar-refractivity contribution in [2.24, 2.45) is 5.90 Å². The molecule has 1 saturated carbocycles. The van der Waals surface area contributed by atoms with Gasteiger partial charge in [0, 0.05) is 6.42 Å². The molecule has 0 bridgehead atoms. The second-order valence-corrected chi connectivity index (χ2v) is 1.48. The normalized spacial score (nSPS) is 43.0. The molecule has 0 heterocycles. The van der Waals surface area contributed by atoms with Crippen molar-refractivity contribution in [3.63, 3.8) is 0 Å². The third-order valence-electron chi connectivity index (χ3n) is 0.875. The molecular formula is C3H7NO2. The van der Waals surface area contributed by atoms with E-state index in [0.29, 0.717) is 6.42 Å². The summed E-state index contributed by atoms with van der Waals surface area (Å²) < 4.78 is 0. The first-order valence-electron chi connectivity index (χ1n) is 1.88. The van der Waals surface area contributed by atoms with Crippen LogP contribution in [0.25, 0.3) is 0 Å². The first-order chi connectivity index (χ1) is 2.84. The highest BCUT2D eigenvalue weighted by atomic mass is 16.6. The van der Waals surface area contributed by atoms with E-state index in [1.165, 1.54) is 0 Å². The molecule has 1 aliphatic carbocycles. The molecule has 0 saturated heterocycles. The Morgan fingerprint density at radius 1 is 1.83 bits per heavy atom. The van der Waals surface area contributed by atoms with Crippen LogP contribution in [0.15, 0.2) is 0 Å². The molecule has 0 aromatic rings. The molecule has 3 nitrogen and oxygen atoms in total. The molecule has 6 heavy (non-hydrogen) atoms. The molecular weight excluding hydrogens is 82.0 g/mol. The minimum Gasteiger partial charge on any atom is -0.390 e. The second-order valence-electron chi connectivity index (χ2n) is 1.48. The number of nitrogens with two attached hydrogens (primary N) is 1. The molecule has 0 aliphatic heterocycles. The molecule has 3 heteroatoms. The fourth-order valence-electron chi connectivity index (χ4n) is 0.306. The van der Waals surface area contributed by atoms with Crippen LogP contribution < -0.4 is 5.90 Å². The van der Waals surface area contributed by atoms with E-state index in [1.54, 1.807) is 0 Å². The Bertz CT molecular complexity index is 54.8. The van der Waals surface area contributed by atoms with E-state index >= 15 is 0 Å². The van der Waals surface area contributed by atoms with Gasteiger partial charge in [-0.05, 0) is 0 Å². The van der Waals surface area contributed by atoms with Crippen molar-refractivity contribution in [3.8, 4) is 0 Å². The van der Waals surface area contributed by atoms with Gasteiger partial charge in [-0.15, -0.1) is 0 Å². The predicted molar refractivity (Wildman–Crippen MR) is 19.7 cm³/mol. The van der Waals surface area contributed by atoms with E-state index in [1.807, 2.05) is 0 Å². The molecule has 1 fully saturated rings. The van der Waals surface area contributed by atoms with Gasteiger partial charge in [0.2, 0.25) is 0 Å². The fraction of sp³-hybridized carbons (Fsp3) is 1.00. The summed E-state index contributed by atoms with van der Waals surface area (Å²) in [6, 6.07) is 0. The van der Waals surface area contributed by atoms with Crippen LogP contribution in [0.2, 0.25) is 0 Å². The Labute approximate surface area is 35.7 Å². The monoisotopic (exact) mass is 89.0 g/mol. The maximum absolute atomic E-state index is 8.42. The van der Waals surface area contributed by atoms with Crippen LogP contribution in [-0.2, 0) is 4.84 Å². The van der Waals surface area contributed by atoms with E-state index in [0.717, 1.165) is 0 Å². The molecule has 0 radical (unpaired) electrons. The topological polar surface area (TPSA) is 55.5 Å². The van der Waals surface area contributed by atoms with Gasteiger partial charge in [0.1, 0.15) is 6.10 Å². The Kier molecular flexibility index (Phi) is 0.799. The molecule has 0 aromatic heterocycles. The van der Waals surface area contributed by atoms with Crippen LogP contribution in [0.3, 0.4) is 0 Å². The summed E-state index contributed by atoms with van der Waals surface area (Å²) in [6.07, 6.45) is 0.358. The van der Waals surface area contributed by atoms with Crippen LogP contribution in [0.1, 0.15) is 6.42 Å². The lowest BCUT2D eigenvalue weighted by Crippen LogP contribution is -2.04. The SMILES string of the molecule is NOC1CC1O. The van der Waals surface area contributed by atoms with E-state index in [4.69, 9.17) is 5.11 Å². The Morgan fingerprint density at radius 3 is 2.33 bits per heavy atom. The Morgan fingerprint density at radius 2 is 2.33 bits per heavy atom. The zero-order chi connectivity index (χ0) is 4.57. The van der Waals surface area contributed by atoms with Crippen molar-refractivity contribution >= 4 is 0 Å². The summed E-state index contributed by atoms with van der Waals surface area (Å²) >= 11 is 0. The van der Waals surface area contributed by atoms with E-state index in [-0.39, 0.29) is 12.2 Å². The molecule has 2 atom stereocenters. The van der Waals surface area contributed by atoms with Crippen LogP contribution in [0.5, 0.6) is 0 Å². The van der Waals surface area contributed by atoms with Crippen molar-refractivity contribution in [2.45, 2.75) is 18.6 Å². The van der Waals surface area contributed by atoms with E-state index in [2.05, 4.69) is 10.7 Å². The van der Waals surface area contributed by atoms with E-state index in [9.17, 15) is 0 Å². The quantitative estimate of drug-likeness (QED) is 0.405. The van der Waals surface area contributed by atoms with Crippen LogP contribution in [0, 0.1) is 0 Å². The molecule has 36 valence electrons. The minimum atomic E-state index is -0.282. The molecule has 0 amide bonds. The highest BCUT2D eigenvalue weighted by molar-refractivity contribution is 4.85. The molecule has 0 aromatic carbocycles. The number of rotatable bonds is 1. The molecule has 0 spiro atoms. The van der Waals surface area contributed by atoms with Gasteiger partial charge in [-0.3, -0.25) is 4.84 Å². The summed E-state index contributed by atoms with van der Waals surface area (Å²) in [4.78, 5) is 4.22. The highest BCUT2D eigenvalue weighted by Gasteiger charge is 2.35. The lowest BCUT2D eigenvalue weighted by molar-refractivity contribution is 0.0842. The number of hydrogen-bond acceptors (Lipinski definition) is 3. The van der Waals surface area contributed by atoms with Gasteiger partial charge in [0.15, 0.2) is 0 Å². The van der Waals surface area contributed by atoms with Gasteiger partial charge in [0.05, 0.1) is 6.10 Å². The minimum absolute atomic E-state index is 0.0648. The summed E-state index contributed by atoms with van der Waals surface area (Å²) in [5.74, 6) is 4.66. The van der Waals surface area contributed by atoms with Gasteiger partial charge in [-0.2, -0.15) is 0 Å². The third kappa shape index (κ3) is 0.518. The van der Waals surface area contributed by atoms with Crippen molar-refractivity contribution in [1.29, 1.82) is 0 Å². The van der Waals surface area contributed by atoms with E-state index < -0.39 is 0 Å². The van der Waals surface area contributed by atoms with Crippen LogP contribution in [0.4, 0.5) is 0 Å². The largest absolute Gasteiger partial charge is 0.390 e. The highest BCUT2D eigenvalue weighted by Crippen LogP contribution is 2.22. The maximum Gasteiger partial charge on any atom is 0.107 e. The third-order valence-corrected chi connectivity index (χ3v) is 0.875. The van der Waals surface area contributed by atoms with Crippen molar-refractivity contribution in [3.05, 3.63) is 0 Å². The standard InChI is InChI=1S/C3H7NO2/c4-6-3-1-2(3)5/h2-3,5H,1,4H2. The Hall–Kier alpha value is -0.120. The van der Waals surface area contributed by atoms with Gasteiger partial charge in [0.25, 0.3) is 0 Å². The number of aliphatic hydroxyl groups is 1. The predicted octanol–water partition coefficient (Wildman–Crippen LogP) is -0.990. The Balaban J connectivity index is 2.09. The zero-order valence-corrected chi connectivity index (χ0v) is 3.29. The van der Waals surface area contributed by atoms with Crippen LogP contribution in [-0.4, -0.2) is 17.3 Å². The second kappa shape index (κ2) is 1.18. The summed E-state index contributed by atoms with van der Waals surface area (Å²) in [7, 11) is 0. The maximum atomic E-state index is 8.42. The first-order valence-corrected chi connectivity index (χ1v) is 1.88. The van der Waals surface area contributed by atoms with Crippen molar-refractivity contribution < 1.29 is 9.94 Å². The van der Waals surface area contributed by atoms with Crippen molar-refractivity contribution in [2.75, 3.05) is 0 Å². The average molecular weight is 89.1 g/mol. The van der Waals surface area contributed by atoms with Gasteiger partial charge >= 0.3 is 0 Å². The van der Waals surface area contributed by atoms with Gasteiger partial charge in [-0.1, -0.05) is 0 Å². The lowest BCUT2D eigenvalue weighted by Gasteiger charge is -1.83. The molecule has 1 aliphatic rings. The van der Waals surface area contributed by atoms with Gasteiger partial charge < -0.3 is 5.11 Å². The molecule has 3 N–H and O–H groups in total. The average Bonchev–Trinajstić information content (AvgIpc) is 2.19. The summed E-state index contributed by atoms with van der Waals surface area (Å²) in [6.45, 7) is 0. The smallest absolute Gasteiger partial charge is 0.107 e.